The Kier molecular flexibility index (Phi) is 7.36. The molecule has 1 aliphatic rings. The maximum atomic E-state index is 13.0. The summed E-state index contributed by atoms with van der Waals surface area (Å²) in [5.41, 5.74) is 2.02. The van der Waals surface area contributed by atoms with Crippen LogP contribution in [0.3, 0.4) is 0 Å². The number of rotatable bonds is 8. The molecule has 168 valence electrons. The van der Waals surface area contributed by atoms with Gasteiger partial charge in [-0.1, -0.05) is 41.9 Å². The molecule has 0 bridgehead atoms. The molecular weight excluding hydrogens is 430 g/mol. The van der Waals surface area contributed by atoms with Crippen molar-refractivity contribution in [2.45, 2.75) is 12.5 Å². The highest BCUT2D eigenvalue weighted by molar-refractivity contribution is 6.30. The van der Waals surface area contributed by atoms with E-state index in [1.807, 2.05) is 30.3 Å². The van der Waals surface area contributed by atoms with Gasteiger partial charge in [0, 0.05) is 38.0 Å². The third-order valence-corrected chi connectivity index (χ3v) is 5.66. The van der Waals surface area contributed by atoms with Gasteiger partial charge in [-0.15, -0.1) is 0 Å². The van der Waals surface area contributed by atoms with Gasteiger partial charge in [-0.3, -0.25) is 14.5 Å². The number of fused-ring (bicyclic) bond motifs is 1. The van der Waals surface area contributed by atoms with Crippen LogP contribution >= 0.6 is 11.6 Å². The van der Waals surface area contributed by atoms with Gasteiger partial charge >= 0.3 is 0 Å². The first-order valence-electron chi connectivity index (χ1n) is 10.7. The predicted molar refractivity (Wildman–Crippen MR) is 123 cm³/mol. The molecule has 3 N–H and O–H groups in total. The number of ether oxygens (including phenoxy) is 1. The molecule has 1 saturated heterocycles. The lowest BCUT2D eigenvalue weighted by molar-refractivity contribution is -0.123. The van der Waals surface area contributed by atoms with Gasteiger partial charge in [0.1, 0.15) is 16.9 Å². The lowest BCUT2D eigenvalue weighted by Crippen LogP contribution is -2.50. The van der Waals surface area contributed by atoms with Crippen LogP contribution in [-0.4, -0.2) is 72.1 Å². The normalized spacial score (nSPS) is 15.4. The van der Waals surface area contributed by atoms with Crippen molar-refractivity contribution in [1.82, 2.24) is 25.5 Å². The second-order valence-electron chi connectivity index (χ2n) is 7.74. The Balaban J connectivity index is 1.42. The number of nitrogens with zero attached hydrogens (tertiary/aromatic N) is 2. The van der Waals surface area contributed by atoms with Crippen LogP contribution < -0.4 is 10.6 Å². The molecular formula is C23H26ClN5O3. The summed E-state index contributed by atoms with van der Waals surface area (Å²) in [7, 11) is 0. The minimum atomic E-state index is -0.706. The fourth-order valence-electron chi connectivity index (χ4n) is 3.71. The smallest absolute Gasteiger partial charge is 0.268 e. The highest BCUT2D eigenvalue weighted by Gasteiger charge is 2.23. The minimum Gasteiger partial charge on any atom is -0.379 e. The average molecular weight is 456 g/mol. The van der Waals surface area contributed by atoms with Crippen LogP contribution in [-0.2, 0) is 16.0 Å². The number of pyridine rings is 1. The number of carbonyl (C=O) groups is 2. The predicted octanol–water partition coefficient (Wildman–Crippen LogP) is 2.01. The van der Waals surface area contributed by atoms with Gasteiger partial charge in [0.15, 0.2) is 0 Å². The zero-order chi connectivity index (χ0) is 22.3. The van der Waals surface area contributed by atoms with E-state index in [0.717, 1.165) is 30.6 Å². The molecule has 32 heavy (non-hydrogen) atoms. The molecule has 2 aromatic heterocycles. The summed E-state index contributed by atoms with van der Waals surface area (Å²) in [5, 5.41) is 6.98. The molecule has 0 spiro atoms. The van der Waals surface area contributed by atoms with E-state index in [-0.39, 0.29) is 11.8 Å². The molecule has 3 aromatic rings. The zero-order valence-corrected chi connectivity index (χ0v) is 18.4. The minimum absolute atomic E-state index is 0.212. The number of amides is 2. The van der Waals surface area contributed by atoms with Gasteiger partial charge < -0.3 is 20.4 Å². The quantitative estimate of drug-likeness (QED) is 0.451. The molecule has 0 radical (unpaired) electrons. The van der Waals surface area contributed by atoms with Crippen molar-refractivity contribution in [2.24, 2.45) is 0 Å². The van der Waals surface area contributed by atoms with Gasteiger partial charge in [0.05, 0.1) is 24.9 Å². The summed E-state index contributed by atoms with van der Waals surface area (Å²) >= 11 is 5.94. The van der Waals surface area contributed by atoms with Gasteiger partial charge in [-0.2, -0.15) is 0 Å². The van der Waals surface area contributed by atoms with Crippen LogP contribution in [0.2, 0.25) is 5.15 Å². The third kappa shape index (κ3) is 5.85. The molecule has 1 fully saturated rings. The number of aromatic nitrogens is 2. The number of benzene rings is 1. The maximum absolute atomic E-state index is 13.0. The van der Waals surface area contributed by atoms with Crippen molar-refractivity contribution in [2.75, 3.05) is 39.4 Å². The van der Waals surface area contributed by atoms with E-state index in [4.69, 9.17) is 16.3 Å². The van der Waals surface area contributed by atoms with E-state index in [1.165, 1.54) is 0 Å². The number of morpholine rings is 1. The monoisotopic (exact) mass is 455 g/mol. The number of hydrogen-bond donors (Lipinski definition) is 3. The molecule has 0 saturated carbocycles. The van der Waals surface area contributed by atoms with Crippen LogP contribution in [0.4, 0.5) is 0 Å². The number of aromatic amines is 1. The van der Waals surface area contributed by atoms with Crippen molar-refractivity contribution < 1.29 is 14.3 Å². The second kappa shape index (κ2) is 10.6. The molecule has 0 unspecified atom stereocenters. The highest BCUT2D eigenvalue weighted by Crippen LogP contribution is 2.18. The second-order valence-corrected chi connectivity index (χ2v) is 8.13. The van der Waals surface area contributed by atoms with Crippen molar-refractivity contribution >= 4 is 34.3 Å². The largest absolute Gasteiger partial charge is 0.379 e. The van der Waals surface area contributed by atoms with Crippen LogP contribution in [0.1, 0.15) is 16.1 Å². The van der Waals surface area contributed by atoms with E-state index in [2.05, 4.69) is 25.5 Å². The summed E-state index contributed by atoms with van der Waals surface area (Å²) in [5.74, 6) is -0.571. The van der Waals surface area contributed by atoms with E-state index in [0.29, 0.717) is 42.5 Å². The van der Waals surface area contributed by atoms with Crippen molar-refractivity contribution in [3.05, 3.63) is 65.1 Å². The summed E-state index contributed by atoms with van der Waals surface area (Å²) in [4.78, 5) is 35.2. The Bertz CT molecular complexity index is 1070. The number of H-pyrrole nitrogens is 1. The molecule has 8 nitrogen and oxygen atoms in total. The Morgan fingerprint density at radius 3 is 2.75 bits per heavy atom. The van der Waals surface area contributed by atoms with Crippen LogP contribution in [0.15, 0.2) is 48.7 Å². The van der Waals surface area contributed by atoms with E-state index >= 15 is 0 Å². The van der Waals surface area contributed by atoms with Crippen molar-refractivity contribution in [3.8, 4) is 0 Å². The first-order chi connectivity index (χ1) is 15.6. The van der Waals surface area contributed by atoms with E-state index in [9.17, 15) is 9.59 Å². The standard InChI is InChI=1S/C23H26ClN5O3/c24-21-14-17-13-19(27-20(17)15-26-21)23(31)28-18(12-16-4-2-1-3-5-16)22(30)25-6-7-29-8-10-32-11-9-29/h1-5,13-15,18,27H,6-12H2,(H,25,30)(H,28,31)/t18-/m0/s1. The molecule has 1 aromatic carbocycles. The molecule has 0 aliphatic carbocycles. The van der Waals surface area contributed by atoms with Crippen LogP contribution in [0.5, 0.6) is 0 Å². The molecule has 3 heterocycles. The highest BCUT2D eigenvalue weighted by atomic mass is 35.5. The molecule has 1 atom stereocenters. The van der Waals surface area contributed by atoms with Gasteiger partial charge in [0.2, 0.25) is 5.91 Å². The molecule has 9 heteroatoms. The van der Waals surface area contributed by atoms with Gasteiger partial charge in [0.25, 0.3) is 5.91 Å². The first kappa shape index (κ1) is 22.3. The summed E-state index contributed by atoms with van der Waals surface area (Å²) in [6.45, 7) is 4.41. The Morgan fingerprint density at radius 1 is 1.19 bits per heavy atom. The summed E-state index contributed by atoms with van der Waals surface area (Å²) < 4.78 is 5.36. The molecule has 1 aliphatic heterocycles. The summed E-state index contributed by atoms with van der Waals surface area (Å²) in [6, 6.07) is 12.3. The zero-order valence-electron chi connectivity index (χ0n) is 17.6. The topological polar surface area (TPSA) is 99.3 Å². The number of hydrogen-bond acceptors (Lipinski definition) is 5. The molecule has 4 rings (SSSR count). The first-order valence-corrected chi connectivity index (χ1v) is 11.0. The lowest BCUT2D eigenvalue weighted by atomic mass is 10.0. The number of carbonyl (C=O) groups excluding carboxylic acids is 2. The fraction of sp³-hybridized carbons (Fsp3) is 0.348. The Hall–Kier alpha value is -2.94. The maximum Gasteiger partial charge on any atom is 0.268 e. The molecule has 2 amide bonds. The van der Waals surface area contributed by atoms with Crippen LogP contribution in [0.25, 0.3) is 10.9 Å². The lowest BCUT2D eigenvalue weighted by Gasteiger charge is -2.27. The third-order valence-electron chi connectivity index (χ3n) is 5.45. The van der Waals surface area contributed by atoms with Crippen LogP contribution in [0, 0.1) is 0 Å². The Morgan fingerprint density at radius 2 is 1.97 bits per heavy atom. The number of nitrogens with one attached hydrogen (secondary N) is 3. The summed E-state index contributed by atoms with van der Waals surface area (Å²) in [6.07, 6.45) is 1.97. The van der Waals surface area contributed by atoms with E-state index in [1.54, 1.807) is 18.3 Å². The van der Waals surface area contributed by atoms with Gasteiger partial charge in [-0.25, -0.2) is 4.98 Å². The average Bonchev–Trinajstić information content (AvgIpc) is 3.23. The van der Waals surface area contributed by atoms with Crippen molar-refractivity contribution in [3.63, 3.8) is 0 Å². The SMILES string of the molecule is O=C(N[C@@H](Cc1ccccc1)C(=O)NCCN1CCOCC1)c1cc2cc(Cl)ncc2[nH]1. The fourth-order valence-corrected chi connectivity index (χ4v) is 3.87. The van der Waals surface area contributed by atoms with E-state index < -0.39 is 6.04 Å². The van der Waals surface area contributed by atoms with Gasteiger partial charge in [-0.05, 0) is 17.7 Å². The number of halogens is 1. The Labute approximate surface area is 191 Å². The van der Waals surface area contributed by atoms with Crippen molar-refractivity contribution in [1.29, 1.82) is 0 Å².